The standard InChI is InChI=1S/C15H22N2O3/c1-10(2)9-13(16)14(18)17-8-7-11-3-5-12(6-4-11)15(19)20/h3-6,10,13H,7-9,16H2,1-2H3,(H,17,18)(H,19,20)/t13-/m1/s1. The number of nitrogens with one attached hydrogen (secondary N) is 1. The van der Waals surface area contributed by atoms with Crippen LogP contribution in [-0.2, 0) is 11.2 Å². The van der Waals surface area contributed by atoms with Gasteiger partial charge in [-0.3, -0.25) is 4.79 Å². The molecule has 1 atom stereocenters. The Bertz CT molecular complexity index is 455. The van der Waals surface area contributed by atoms with Crippen LogP contribution in [0.5, 0.6) is 0 Å². The first-order chi connectivity index (χ1) is 9.40. The molecule has 5 heteroatoms. The van der Waals surface area contributed by atoms with Gasteiger partial charge in [0.25, 0.3) is 0 Å². The van der Waals surface area contributed by atoms with Gasteiger partial charge in [0.2, 0.25) is 5.91 Å². The van der Waals surface area contributed by atoms with Crippen LogP contribution in [0.4, 0.5) is 0 Å². The fourth-order valence-electron chi connectivity index (χ4n) is 1.89. The Morgan fingerprint density at radius 3 is 2.35 bits per heavy atom. The molecule has 0 aliphatic carbocycles. The van der Waals surface area contributed by atoms with Gasteiger partial charge in [-0.05, 0) is 36.5 Å². The van der Waals surface area contributed by atoms with Crippen molar-refractivity contribution in [3.8, 4) is 0 Å². The summed E-state index contributed by atoms with van der Waals surface area (Å²) in [5, 5.41) is 11.6. The van der Waals surface area contributed by atoms with E-state index in [9.17, 15) is 9.59 Å². The summed E-state index contributed by atoms with van der Waals surface area (Å²) in [6.45, 7) is 4.55. The van der Waals surface area contributed by atoms with E-state index in [0.717, 1.165) is 5.56 Å². The van der Waals surface area contributed by atoms with E-state index in [2.05, 4.69) is 5.32 Å². The molecule has 20 heavy (non-hydrogen) atoms. The number of carboxylic acids is 1. The maximum atomic E-state index is 11.7. The third kappa shape index (κ3) is 5.40. The van der Waals surface area contributed by atoms with Crippen LogP contribution >= 0.6 is 0 Å². The van der Waals surface area contributed by atoms with Gasteiger partial charge in [-0.1, -0.05) is 26.0 Å². The second kappa shape index (κ2) is 7.65. The first kappa shape index (κ1) is 16.2. The largest absolute Gasteiger partial charge is 0.478 e. The first-order valence-electron chi connectivity index (χ1n) is 6.75. The zero-order chi connectivity index (χ0) is 15.1. The summed E-state index contributed by atoms with van der Waals surface area (Å²) in [5.41, 5.74) is 7.01. The van der Waals surface area contributed by atoms with Crippen LogP contribution in [0, 0.1) is 5.92 Å². The van der Waals surface area contributed by atoms with Gasteiger partial charge in [-0.15, -0.1) is 0 Å². The smallest absolute Gasteiger partial charge is 0.335 e. The summed E-state index contributed by atoms with van der Waals surface area (Å²) >= 11 is 0. The second-order valence-corrected chi connectivity index (χ2v) is 5.28. The fraction of sp³-hybridized carbons (Fsp3) is 0.467. The molecule has 0 bridgehead atoms. The molecule has 110 valence electrons. The van der Waals surface area contributed by atoms with Crippen LogP contribution < -0.4 is 11.1 Å². The number of carbonyl (C=O) groups is 2. The van der Waals surface area contributed by atoms with E-state index in [4.69, 9.17) is 10.8 Å². The second-order valence-electron chi connectivity index (χ2n) is 5.28. The van der Waals surface area contributed by atoms with E-state index < -0.39 is 12.0 Å². The van der Waals surface area contributed by atoms with Gasteiger partial charge in [0.15, 0.2) is 0 Å². The summed E-state index contributed by atoms with van der Waals surface area (Å²) < 4.78 is 0. The number of aromatic carboxylic acids is 1. The van der Waals surface area contributed by atoms with Crippen molar-refractivity contribution < 1.29 is 14.7 Å². The lowest BCUT2D eigenvalue weighted by atomic mass is 10.0. The van der Waals surface area contributed by atoms with Gasteiger partial charge in [-0.2, -0.15) is 0 Å². The van der Waals surface area contributed by atoms with Gasteiger partial charge < -0.3 is 16.2 Å². The molecule has 0 heterocycles. The Morgan fingerprint density at radius 2 is 1.85 bits per heavy atom. The van der Waals surface area contributed by atoms with Gasteiger partial charge in [0.1, 0.15) is 0 Å². The van der Waals surface area contributed by atoms with Crippen molar-refractivity contribution in [1.82, 2.24) is 5.32 Å². The fourth-order valence-corrected chi connectivity index (χ4v) is 1.89. The predicted molar refractivity (Wildman–Crippen MR) is 77.5 cm³/mol. The SMILES string of the molecule is CC(C)C[C@@H](N)C(=O)NCCc1ccc(C(=O)O)cc1. The van der Waals surface area contributed by atoms with Gasteiger partial charge in [-0.25, -0.2) is 4.79 Å². The molecule has 0 aliphatic rings. The Hall–Kier alpha value is -1.88. The summed E-state index contributed by atoms with van der Waals surface area (Å²) in [5.74, 6) is -0.690. The third-order valence-corrected chi connectivity index (χ3v) is 2.98. The van der Waals surface area contributed by atoms with Crippen molar-refractivity contribution in [1.29, 1.82) is 0 Å². The average Bonchev–Trinajstić information content (AvgIpc) is 2.38. The lowest BCUT2D eigenvalue weighted by molar-refractivity contribution is -0.122. The predicted octanol–water partition coefficient (Wildman–Crippen LogP) is 1.42. The number of nitrogens with two attached hydrogens (primary N) is 1. The normalized spacial score (nSPS) is 12.2. The highest BCUT2D eigenvalue weighted by atomic mass is 16.4. The molecule has 0 radical (unpaired) electrons. The van der Waals surface area contributed by atoms with Gasteiger partial charge >= 0.3 is 5.97 Å². The van der Waals surface area contributed by atoms with E-state index in [1.807, 2.05) is 13.8 Å². The Labute approximate surface area is 119 Å². The van der Waals surface area contributed by atoms with Crippen LogP contribution in [0.3, 0.4) is 0 Å². The molecule has 1 rings (SSSR count). The molecule has 0 saturated heterocycles. The minimum absolute atomic E-state index is 0.138. The van der Waals surface area contributed by atoms with Crippen molar-refractivity contribution >= 4 is 11.9 Å². The van der Waals surface area contributed by atoms with E-state index in [1.54, 1.807) is 24.3 Å². The van der Waals surface area contributed by atoms with Crippen molar-refractivity contribution in [3.05, 3.63) is 35.4 Å². The molecule has 0 fully saturated rings. The van der Waals surface area contributed by atoms with Crippen molar-refractivity contribution in [2.75, 3.05) is 6.54 Å². The summed E-state index contributed by atoms with van der Waals surface area (Å²) in [7, 11) is 0. The summed E-state index contributed by atoms with van der Waals surface area (Å²) in [6.07, 6.45) is 1.32. The van der Waals surface area contributed by atoms with Crippen LogP contribution in [0.1, 0.15) is 36.2 Å². The maximum Gasteiger partial charge on any atom is 0.335 e. The van der Waals surface area contributed by atoms with Crippen molar-refractivity contribution in [3.63, 3.8) is 0 Å². The molecule has 4 N–H and O–H groups in total. The summed E-state index contributed by atoms with van der Waals surface area (Å²) in [6, 6.07) is 6.16. The molecule has 1 aromatic rings. The lowest BCUT2D eigenvalue weighted by Gasteiger charge is -2.14. The topological polar surface area (TPSA) is 92.4 Å². The molecule has 1 amide bonds. The number of amides is 1. The first-order valence-corrected chi connectivity index (χ1v) is 6.75. The van der Waals surface area contributed by atoms with E-state index in [-0.39, 0.29) is 11.5 Å². The van der Waals surface area contributed by atoms with Gasteiger partial charge in [0, 0.05) is 6.54 Å². The number of carbonyl (C=O) groups excluding carboxylic acids is 1. The van der Waals surface area contributed by atoms with E-state index >= 15 is 0 Å². The number of carboxylic acid groups (broad SMARTS) is 1. The van der Waals surface area contributed by atoms with Crippen LogP contribution in [0.2, 0.25) is 0 Å². The highest BCUT2D eigenvalue weighted by molar-refractivity contribution is 5.87. The molecule has 0 aromatic heterocycles. The molecule has 5 nitrogen and oxygen atoms in total. The number of hydrogen-bond donors (Lipinski definition) is 3. The number of benzene rings is 1. The Morgan fingerprint density at radius 1 is 1.25 bits per heavy atom. The minimum Gasteiger partial charge on any atom is -0.478 e. The lowest BCUT2D eigenvalue weighted by Crippen LogP contribution is -2.42. The number of hydrogen-bond acceptors (Lipinski definition) is 3. The third-order valence-electron chi connectivity index (χ3n) is 2.98. The van der Waals surface area contributed by atoms with Crippen molar-refractivity contribution in [2.45, 2.75) is 32.7 Å². The quantitative estimate of drug-likeness (QED) is 0.703. The molecule has 0 aliphatic heterocycles. The van der Waals surface area contributed by atoms with E-state index in [0.29, 0.717) is 25.3 Å². The highest BCUT2D eigenvalue weighted by Gasteiger charge is 2.14. The maximum absolute atomic E-state index is 11.7. The summed E-state index contributed by atoms with van der Waals surface area (Å²) in [4.78, 5) is 22.4. The average molecular weight is 278 g/mol. The van der Waals surface area contributed by atoms with Crippen LogP contribution in [0.15, 0.2) is 24.3 Å². The molecule has 0 spiro atoms. The van der Waals surface area contributed by atoms with Crippen LogP contribution in [0.25, 0.3) is 0 Å². The van der Waals surface area contributed by atoms with Crippen molar-refractivity contribution in [2.24, 2.45) is 11.7 Å². The Kier molecular flexibility index (Phi) is 6.18. The zero-order valence-electron chi connectivity index (χ0n) is 11.9. The molecular weight excluding hydrogens is 256 g/mol. The monoisotopic (exact) mass is 278 g/mol. The molecule has 0 unspecified atom stereocenters. The van der Waals surface area contributed by atoms with E-state index in [1.165, 1.54) is 0 Å². The Balaban J connectivity index is 2.37. The van der Waals surface area contributed by atoms with Crippen LogP contribution in [-0.4, -0.2) is 29.6 Å². The van der Waals surface area contributed by atoms with Gasteiger partial charge in [0.05, 0.1) is 11.6 Å². The molecule has 1 aromatic carbocycles. The number of rotatable bonds is 7. The minimum atomic E-state index is -0.940. The molecule has 0 saturated carbocycles. The highest BCUT2D eigenvalue weighted by Crippen LogP contribution is 2.05. The molecular formula is C15H22N2O3. The zero-order valence-corrected chi connectivity index (χ0v) is 11.9.